The minimum atomic E-state index is -4.16. The second-order valence-electron chi connectivity index (χ2n) is 9.08. The number of carbonyl (C=O) groups excluding carboxylic acids is 2. The van der Waals surface area contributed by atoms with E-state index in [4.69, 9.17) is 9.47 Å². The molecule has 2 amide bonds. The smallest absolute Gasteiger partial charge is 0.264 e. The van der Waals surface area contributed by atoms with E-state index in [1.54, 1.807) is 62.6 Å². The summed E-state index contributed by atoms with van der Waals surface area (Å²) in [5.74, 6) is 0.408. The summed E-state index contributed by atoms with van der Waals surface area (Å²) in [6, 6.07) is 19.1. The zero-order chi connectivity index (χ0) is 30.0. The van der Waals surface area contributed by atoms with Crippen molar-refractivity contribution in [3.63, 3.8) is 0 Å². The molecule has 0 aliphatic heterocycles. The fraction of sp³-hybridized carbons (Fsp3) is 0.333. The highest BCUT2D eigenvalue weighted by molar-refractivity contribution is 9.10. The molecule has 0 aliphatic carbocycles. The van der Waals surface area contributed by atoms with Crippen molar-refractivity contribution >= 4 is 43.5 Å². The molecule has 0 radical (unpaired) electrons. The minimum Gasteiger partial charge on any atom is -0.497 e. The quantitative estimate of drug-likeness (QED) is 0.265. The molecule has 9 nitrogen and oxygen atoms in total. The molecule has 11 heteroatoms. The number of sulfonamides is 1. The zero-order valence-electron chi connectivity index (χ0n) is 23.7. The average molecular weight is 647 g/mol. The van der Waals surface area contributed by atoms with Gasteiger partial charge >= 0.3 is 0 Å². The monoisotopic (exact) mass is 645 g/mol. The lowest BCUT2D eigenvalue weighted by atomic mass is 10.1. The van der Waals surface area contributed by atoms with E-state index in [9.17, 15) is 18.0 Å². The molecule has 0 saturated heterocycles. The number of hydrogen-bond donors (Lipinski definition) is 1. The van der Waals surface area contributed by atoms with Crippen LogP contribution in [0.5, 0.6) is 11.5 Å². The fourth-order valence-corrected chi connectivity index (χ4v) is 5.96. The van der Waals surface area contributed by atoms with Gasteiger partial charge in [-0.3, -0.25) is 13.9 Å². The van der Waals surface area contributed by atoms with E-state index in [1.807, 2.05) is 26.0 Å². The van der Waals surface area contributed by atoms with Crippen LogP contribution in [0, 0.1) is 0 Å². The molecule has 0 aliphatic rings. The maximum Gasteiger partial charge on any atom is 0.264 e. The standard InChI is InChI=1S/C30H36BrN3O6S/c1-5-28(30(36)32-6-2)33(20-22-8-14-25(39-4)15-9-22)29(35)21-34(24-12-16-26(17-13-24)40-7-3)41(37,38)27-18-10-23(31)11-19-27/h8-19,28H,5-7,20-21H2,1-4H3,(H,32,36). The Morgan fingerprint density at radius 1 is 0.902 bits per heavy atom. The van der Waals surface area contributed by atoms with Crippen LogP contribution in [0.3, 0.4) is 0 Å². The number of likely N-dealkylation sites (N-methyl/N-ethyl adjacent to an activating group) is 1. The maximum absolute atomic E-state index is 14.0. The van der Waals surface area contributed by atoms with Crippen molar-refractivity contribution in [3.05, 3.63) is 82.8 Å². The first-order valence-electron chi connectivity index (χ1n) is 13.4. The van der Waals surface area contributed by atoms with E-state index in [0.29, 0.717) is 36.8 Å². The summed E-state index contributed by atoms with van der Waals surface area (Å²) >= 11 is 3.34. The van der Waals surface area contributed by atoms with Crippen LogP contribution in [-0.4, -0.2) is 58.0 Å². The van der Waals surface area contributed by atoms with Crippen LogP contribution in [0.4, 0.5) is 5.69 Å². The Balaban J connectivity index is 2.05. The van der Waals surface area contributed by atoms with E-state index in [0.717, 1.165) is 14.3 Å². The molecule has 1 atom stereocenters. The van der Waals surface area contributed by atoms with Crippen LogP contribution in [-0.2, 0) is 26.2 Å². The third-order valence-corrected chi connectivity index (χ3v) is 8.68. The number of methoxy groups -OCH3 is 1. The van der Waals surface area contributed by atoms with Gasteiger partial charge in [-0.05, 0) is 86.5 Å². The number of rotatable bonds is 14. The summed E-state index contributed by atoms with van der Waals surface area (Å²) in [4.78, 5) is 28.6. The summed E-state index contributed by atoms with van der Waals surface area (Å²) in [7, 11) is -2.60. The van der Waals surface area contributed by atoms with Gasteiger partial charge in [-0.1, -0.05) is 35.0 Å². The first kappa shape index (κ1) is 32.0. The van der Waals surface area contributed by atoms with Gasteiger partial charge in [0.1, 0.15) is 24.1 Å². The Hall–Kier alpha value is -3.57. The van der Waals surface area contributed by atoms with Gasteiger partial charge < -0.3 is 19.7 Å². The van der Waals surface area contributed by atoms with Crippen LogP contribution >= 0.6 is 15.9 Å². The Morgan fingerprint density at radius 2 is 1.51 bits per heavy atom. The van der Waals surface area contributed by atoms with Crippen molar-refractivity contribution in [3.8, 4) is 11.5 Å². The normalized spacial score (nSPS) is 11.8. The van der Waals surface area contributed by atoms with E-state index in [-0.39, 0.29) is 17.3 Å². The third kappa shape index (κ3) is 8.23. The molecule has 0 aromatic heterocycles. The molecule has 1 unspecified atom stereocenters. The summed E-state index contributed by atoms with van der Waals surface area (Å²) in [5, 5.41) is 2.80. The van der Waals surface area contributed by atoms with Crippen molar-refractivity contribution in [2.24, 2.45) is 0 Å². The average Bonchev–Trinajstić information content (AvgIpc) is 2.97. The molecule has 220 valence electrons. The predicted octanol–water partition coefficient (Wildman–Crippen LogP) is 5.00. The molecule has 0 fully saturated rings. The van der Waals surface area contributed by atoms with Gasteiger partial charge in [-0.15, -0.1) is 0 Å². The largest absolute Gasteiger partial charge is 0.497 e. The summed E-state index contributed by atoms with van der Waals surface area (Å²) < 4.78 is 40.4. The molecule has 0 spiro atoms. The summed E-state index contributed by atoms with van der Waals surface area (Å²) in [6.07, 6.45) is 0.343. The molecule has 3 aromatic rings. The number of anilines is 1. The Labute approximate surface area is 250 Å². The highest BCUT2D eigenvalue weighted by Crippen LogP contribution is 2.28. The van der Waals surface area contributed by atoms with Crippen molar-refractivity contribution in [1.82, 2.24) is 10.2 Å². The molecular weight excluding hydrogens is 610 g/mol. The molecule has 0 bridgehead atoms. The Kier molecular flexibility index (Phi) is 11.6. The predicted molar refractivity (Wildman–Crippen MR) is 163 cm³/mol. The second kappa shape index (κ2) is 14.9. The van der Waals surface area contributed by atoms with Crippen LogP contribution in [0.2, 0.25) is 0 Å². The fourth-order valence-electron chi connectivity index (χ4n) is 4.28. The SMILES string of the molecule is CCNC(=O)C(CC)N(Cc1ccc(OC)cc1)C(=O)CN(c1ccc(OCC)cc1)S(=O)(=O)c1ccc(Br)cc1. The van der Waals surface area contributed by atoms with E-state index in [2.05, 4.69) is 21.2 Å². The van der Waals surface area contributed by atoms with Crippen molar-refractivity contribution in [1.29, 1.82) is 0 Å². The van der Waals surface area contributed by atoms with Crippen molar-refractivity contribution < 1.29 is 27.5 Å². The van der Waals surface area contributed by atoms with Crippen LogP contribution in [0.15, 0.2) is 82.2 Å². The highest BCUT2D eigenvalue weighted by Gasteiger charge is 2.33. The summed E-state index contributed by atoms with van der Waals surface area (Å²) in [6.45, 7) is 5.92. The molecule has 0 saturated carbocycles. The van der Waals surface area contributed by atoms with Crippen LogP contribution in [0.25, 0.3) is 0 Å². The van der Waals surface area contributed by atoms with Gasteiger partial charge in [0.2, 0.25) is 11.8 Å². The lowest BCUT2D eigenvalue weighted by Gasteiger charge is -2.33. The second-order valence-corrected chi connectivity index (χ2v) is 11.9. The zero-order valence-corrected chi connectivity index (χ0v) is 26.1. The first-order chi connectivity index (χ1) is 19.6. The number of carbonyl (C=O) groups is 2. The first-order valence-corrected chi connectivity index (χ1v) is 15.6. The Bertz CT molecular complexity index is 1400. The van der Waals surface area contributed by atoms with Gasteiger partial charge in [0.15, 0.2) is 0 Å². The molecule has 3 aromatic carbocycles. The Morgan fingerprint density at radius 3 is 2.05 bits per heavy atom. The van der Waals surface area contributed by atoms with Gasteiger partial charge in [0, 0.05) is 17.6 Å². The minimum absolute atomic E-state index is 0.0276. The van der Waals surface area contributed by atoms with E-state index < -0.39 is 28.5 Å². The lowest BCUT2D eigenvalue weighted by molar-refractivity contribution is -0.140. The summed E-state index contributed by atoms with van der Waals surface area (Å²) in [5.41, 5.74) is 1.06. The highest BCUT2D eigenvalue weighted by atomic mass is 79.9. The van der Waals surface area contributed by atoms with E-state index >= 15 is 0 Å². The van der Waals surface area contributed by atoms with Crippen molar-refractivity contribution in [2.75, 3.05) is 31.1 Å². The molecule has 1 N–H and O–H groups in total. The molecule has 3 rings (SSSR count). The van der Waals surface area contributed by atoms with Gasteiger partial charge in [-0.2, -0.15) is 0 Å². The van der Waals surface area contributed by atoms with Crippen molar-refractivity contribution in [2.45, 2.75) is 44.7 Å². The number of nitrogens with one attached hydrogen (secondary N) is 1. The van der Waals surface area contributed by atoms with Crippen LogP contribution in [0.1, 0.15) is 32.8 Å². The number of amides is 2. The number of hydrogen-bond acceptors (Lipinski definition) is 6. The number of ether oxygens (including phenoxy) is 2. The van der Waals surface area contributed by atoms with Gasteiger partial charge in [0.25, 0.3) is 10.0 Å². The molecule has 0 heterocycles. The molecular formula is C30H36BrN3O6S. The number of halogens is 1. The van der Waals surface area contributed by atoms with Gasteiger partial charge in [0.05, 0.1) is 24.3 Å². The number of benzene rings is 3. The van der Waals surface area contributed by atoms with E-state index in [1.165, 1.54) is 17.0 Å². The molecule has 41 heavy (non-hydrogen) atoms. The maximum atomic E-state index is 14.0. The van der Waals surface area contributed by atoms with Crippen LogP contribution < -0.4 is 19.1 Å². The number of nitrogens with zero attached hydrogens (tertiary/aromatic N) is 2. The third-order valence-electron chi connectivity index (χ3n) is 6.37. The topological polar surface area (TPSA) is 105 Å². The lowest BCUT2D eigenvalue weighted by Crippen LogP contribution is -2.52. The van der Waals surface area contributed by atoms with Gasteiger partial charge in [-0.25, -0.2) is 8.42 Å².